The summed E-state index contributed by atoms with van der Waals surface area (Å²) in [5.74, 6) is -0.247. The van der Waals surface area contributed by atoms with Crippen molar-refractivity contribution in [1.29, 1.82) is 0 Å². The monoisotopic (exact) mass is 252 g/mol. The number of carbonyl (C=O) groups is 1. The summed E-state index contributed by atoms with van der Waals surface area (Å²) < 4.78 is 12.7. The number of aromatic nitrogens is 2. The summed E-state index contributed by atoms with van der Waals surface area (Å²) in [4.78, 5) is 19.3. The Morgan fingerprint density at radius 3 is 2.72 bits per heavy atom. The zero-order valence-corrected chi connectivity index (χ0v) is 10.5. The molecule has 1 fully saturated rings. The molecule has 0 aliphatic carbocycles. The number of anilines is 1. The van der Waals surface area contributed by atoms with Crippen LogP contribution in [0.3, 0.4) is 0 Å². The van der Waals surface area contributed by atoms with Crippen molar-refractivity contribution >= 4 is 11.7 Å². The molecule has 2 heterocycles. The third kappa shape index (κ3) is 2.14. The number of hydrogen-bond donors (Lipinski definition) is 2. The van der Waals surface area contributed by atoms with Gasteiger partial charge < -0.3 is 10.6 Å². The summed E-state index contributed by atoms with van der Waals surface area (Å²) in [6.45, 7) is 4.79. The van der Waals surface area contributed by atoms with Crippen molar-refractivity contribution in [3.8, 4) is 0 Å². The second-order valence-corrected chi connectivity index (χ2v) is 4.59. The van der Waals surface area contributed by atoms with E-state index in [2.05, 4.69) is 34.4 Å². The Balaban J connectivity index is 2.20. The molecule has 0 radical (unpaired) electrons. The maximum atomic E-state index is 12.7. The molecule has 2 rings (SSSR count). The molecular formula is C12H17FN4O. The van der Waals surface area contributed by atoms with Gasteiger partial charge in [0, 0.05) is 12.0 Å². The van der Waals surface area contributed by atoms with Crippen molar-refractivity contribution in [1.82, 2.24) is 15.3 Å². The highest BCUT2D eigenvalue weighted by molar-refractivity contribution is 5.87. The SMILES string of the molecule is CCC1(CC)CNC(=O)C1Nc1cnc(F)cn1. The van der Waals surface area contributed by atoms with Crippen molar-refractivity contribution in [2.45, 2.75) is 32.7 Å². The second kappa shape index (κ2) is 4.88. The van der Waals surface area contributed by atoms with E-state index in [1.54, 1.807) is 0 Å². The van der Waals surface area contributed by atoms with Crippen LogP contribution in [0.1, 0.15) is 26.7 Å². The molecule has 1 saturated heterocycles. The van der Waals surface area contributed by atoms with Crippen molar-refractivity contribution in [2.75, 3.05) is 11.9 Å². The van der Waals surface area contributed by atoms with Crippen LogP contribution >= 0.6 is 0 Å². The number of nitrogens with one attached hydrogen (secondary N) is 2. The van der Waals surface area contributed by atoms with Crippen LogP contribution < -0.4 is 10.6 Å². The van der Waals surface area contributed by atoms with Crippen LogP contribution in [0.5, 0.6) is 0 Å². The number of amides is 1. The van der Waals surface area contributed by atoms with E-state index in [0.29, 0.717) is 12.4 Å². The molecule has 1 aromatic rings. The van der Waals surface area contributed by atoms with E-state index in [0.717, 1.165) is 19.0 Å². The second-order valence-electron chi connectivity index (χ2n) is 4.59. The van der Waals surface area contributed by atoms with Crippen LogP contribution in [0.25, 0.3) is 0 Å². The number of carbonyl (C=O) groups excluding carboxylic acids is 1. The van der Waals surface area contributed by atoms with Gasteiger partial charge in [0.2, 0.25) is 11.9 Å². The molecule has 5 nitrogen and oxygen atoms in total. The normalized spacial score (nSPS) is 21.7. The molecule has 1 aliphatic rings. The molecule has 6 heteroatoms. The fourth-order valence-corrected chi connectivity index (χ4v) is 2.41. The highest BCUT2D eigenvalue weighted by Crippen LogP contribution is 2.35. The van der Waals surface area contributed by atoms with Crippen LogP contribution in [0.2, 0.25) is 0 Å². The van der Waals surface area contributed by atoms with Gasteiger partial charge in [-0.05, 0) is 12.8 Å². The largest absolute Gasteiger partial charge is 0.357 e. The van der Waals surface area contributed by atoms with Gasteiger partial charge in [0.25, 0.3) is 0 Å². The molecule has 2 N–H and O–H groups in total. The summed E-state index contributed by atoms with van der Waals surface area (Å²) in [6.07, 6.45) is 4.11. The average molecular weight is 252 g/mol. The highest BCUT2D eigenvalue weighted by Gasteiger charge is 2.46. The first-order valence-electron chi connectivity index (χ1n) is 6.13. The van der Waals surface area contributed by atoms with Gasteiger partial charge in [-0.3, -0.25) is 4.79 Å². The first-order chi connectivity index (χ1) is 8.61. The quantitative estimate of drug-likeness (QED) is 0.848. The Hall–Kier alpha value is -1.72. The van der Waals surface area contributed by atoms with Gasteiger partial charge in [-0.1, -0.05) is 13.8 Å². The molecule has 0 spiro atoms. The number of nitrogens with zero attached hydrogens (tertiary/aromatic N) is 2. The molecule has 1 atom stereocenters. The minimum Gasteiger partial charge on any atom is -0.357 e. The van der Waals surface area contributed by atoms with E-state index in [-0.39, 0.29) is 17.4 Å². The lowest BCUT2D eigenvalue weighted by Gasteiger charge is -2.31. The first kappa shape index (κ1) is 12.7. The molecule has 0 bridgehead atoms. The predicted octanol–water partition coefficient (Wildman–Crippen LogP) is 1.33. The number of halogens is 1. The molecule has 0 aromatic carbocycles. The average Bonchev–Trinajstić information content (AvgIpc) is 2.70. The maximum Gasteiger partial charge on any atom is 0.243 e. The van der Waals surface area contributed by atoms with Crippen molar-refractivity contribution < 1.29 is 9.18 Å². The third-order valence-corrected chi connectivity index (χ3v) is 3.81. The zero-order valence-electron chi connectivity index (χ0n) is 10.5. The summed E-state index contributed by atoms with van der Waals surface area (Å²) in [6, 6.07) is -0.340. The van der Waals surface area contributed by atoms with Gasteiger partial charge >= 0.3 is 0 Å². The third-order valence-electron chi connectivity index (χ3n) is 3.81. The summed E-state index contributed by atoms with van der Waals surface area (Å²) in [5, 5.41) is 5.93. The molecule has 1 unspecified atom stereocenters. The summed E-state index contributed by atoms with van der Waals surface area (Å²) >= 11 is 0. The van der Waals surface area contributed by atoms with E-state index in [9.17, 15) is 9.18 Å². The lowest BCUT2D eigenvalue weighted by atomic mass is 9.78. The maximum absolute atomic E-state index is 12.7. The number of hydrogen-bond acceptors (Lipinski definition) is 4. The van der Waals surface area contributed by atoms with Gasteiger partial charge in [-0.2, -0.15) is 4.39 Å². The van der Waals surface area contributed by atoms with E-state index in [4.69, 9.17) is 0 Å². The van der Waals surface area contributed by atoms with Crippen LogP contribution in [0.4, 0.5) is 10.2 Å². The Morgan fingerprint density at radius 1 is 1.44 bits per heavy atom. The minimum absolute atomic E-state index is 0.0372. The minimum atomic E-state index is -0.631. The molecule has 98 valence electrons. The predicted molar refractivity (Wildman–Crippen MR) is 65.4 cm³/mol. The molecule has 1 aliphatic heterocycles. The van der Waals surface area contributed by atoms with E-state index >= 15 is 0 Å². The van der Waals surface area contributed by atoms with Crippen molar-refractivity contribution in [3.05, 3.63) is 18.3 Å². The lowest BCUT2D eigenvalue weighted by molar-refractivity contribution is -0.120. The first-order valence-corrected chi connectivity index (χ1v) is 6.13. The lowest BCUT2D eigenvalue weighted by Crippen LogP contribution is -2.41. The van der Waals surface area contributed by atoms with E-state index in [1.807, 2.05) is 0 Å². The topological polar surface area (TPSA) is 66.9 Å². The molecule has 1 amide bonds. The van der Waals surface area contributed by atoms with Gasteiger partial charge in [0.1, 0.15) is 11.9 Å². The van der Waals surface area contributed by atoms with Gasteiger partial charge in [0.15, 0.2) is 0 Å². The summed E-state index contributed by atoms with van der Waals surface area (Å²) in [7, 11) is 0. The molecule has 18 heavy (non-hydrogen) atoms. The standard InChI is InChI=1S/C12H17FN4O/c1-3-12(4-2)7-16-11(18)10(12)17-9-6-14-8(13)5-15-9/h5-6,10H,3-4,7H2,1-2H3,(H,15,17)(H,16,18). The fraction of sp³-hybridized carbons (Fsp3) is 0.583. The molecule has 0 saturated carbocycles. The van der Waals surface area contributed by atoms with Crippen LogP contribution in [0.15, 0.2) is 12.4 Å². The van der Waals surface area contributed by atoms with Crippen LogP contribution in [-0.2, 0) is 4.79 Å². The Morgan fingerprint density at radius 2 is 2.17 bits per heavy atom. The fourth-order valence-electron chi connectivity index (χ4n) is 2.41. The Kier molecular flexibility index (Phi) is 3.45. The van der Waals surface area contributed by atoms with Crippen molar-refractivity contribution in [2.24, 2.45) is 5.41 Å². The van der Waals surface area contributed by atoms with Gasteiger partial charge in [-0.25, -0.2) is 9.97 Å². The van der Waals surface area contributed by atoms with Gasteiger partial charge in [-0.15, -0.1) is 0 Å². The Labute approximate surface area is 105 Å². The zero-order chi connectivity index (χ0) is 13.2. The highest BCUT2D eigenvalue weighted by atomic mass is 19.1. The van der Waals surface area contributed by atoms with Crippen LogP contribution in [0, 0.1) is 11.4 Å². The smallest absolute Gasteiger partial charge is 0.243 e. The summed E-state index contributed by atoms with van der Waals surface area (Å²) in [5.41, 5.74) is -0.118. The van der Waals surface area contributed by atoms with Crippen LogP contribution in [-0.4, -0.2) is 28.5 Å². The van der Waals surface area contributed by atoms with Gasteiger partial charge in [0.05, 0.1) is 12.4 Å². The van der Waals surface area contributed by atoms with Crippen molar-refractivity contribution in [3.63, 3.8) is 0 Å². The Bertz CT molecular complexity index is 430. The molecule has 1 aromatic heterocycles. The van der Waals surface area contributed by atoms with E-state index in [1.165, 1.54) is 6.20 Å². The number of rotatable bonds is 4. The molecular weight excluding hydrogens is 235 g/mol. The van der Waals surface area contributed by atoms with E-state index < -0.39 is 5.95 Å².